The Bertz CT molecular complexity index is 419. The molecule has 0 radical (unpaired) electrons. The molecule has 72 valence electrons. The van der Waals surface area contributed by atoms with Gasteiger partial charge < -0.3 is 9.72 Å². The number of rotatable bonds is 2. The number of nitrogens with one attached hydrogen (secondary N) is 1. The van der Waals surface area contributed by atoms with E-state index in [-0.39, 0.29) is 0 Å². The molecule has 0 atom stereocenters. The van der Waals surface area contributed by atoms with Crippen LogP contribution in [0, 0.1) is 3.57 Å². The van der Waals surface area contributed by atoms with Crippen LogP contribution in [0.15, 0.2) is 36.7 Å². The molecule has 0 aliphatic heterocycles. The molecule has 3 heteroatoms. The standard InChI is InChI=1S/C11H10INO/c1-14-9-4-2-8(3-5-9)10-6-13-7-11(10)12/h2-7,13H,1H3. The largest absolute Gasteiger partial charge is 0.497 e. The first-order valence-electron chi connectivity index (χ1n) is 4.28. The summed E-state index contributed by atoms with van der Waals surface area (Å²) in [6, 6.07) is 8.06. The molecule has 0 bridgehead atoms. The van der Waals surface area contributed by atoms with Gasteiger partial charge in [0.2, 0.25) is 0 Å². The Kier molecular flexibility index (Phi) is 2.77. The highest BCUT2D eigenvalue weighted by atomic mass is 127. The van der Waals surface area contributed by atoms with E-state index < -0.39 is 0 Å². The molecule has 0 spiro atoms. The van der Waals surface area contributed by atoms with Crippen molar-refractivity contribution in [3.8, 4) is 16.9 Å². The van der Waals surface area contributed by atoms with Crippen LogP contribution in [0.2, 0.25) is 0 Å². The molecule has 1 aromatic carbocycles. The maximum absolute atomic E-state index is 5.11. The minimum absolute atomic E-state index is 0.888. The number of H-pyrrole nitrogens is 1. The topological polar surface area (TPSA) is 25.0 Å². The van der Waals surface area contributed by atoms with Crippen molar-refractivity contribution >= 4 is 22.6 Å². The van der Waals surface area contributed by atoms with E-state index in [1.165, 1.54) is 14.7 Å². The molecular weight excluding hydrogens is 289 g/mol. The Morgan fingerprint density at radius 2 is 1.86 bits per heavy atom. The molecule has 1 N–H and O–H groups in total. The molecule has 0 aliphatic carbocycles. The second-order valence-electron chi connectivity index (χ2n) is 2.95. The van der Waals surface area contributed by atoms with Gasteiger partial charge in [-0.3, -0.25) is 0 Å². The van der Waals surface area contributed by atoms with Crippen LogP contribution in [-0.2, 0) is 0 Å². The van der Waals surface area contributed by atoms with Gasteiger partial charge in [0.1, 0.15) is 5.75 Å². The molecule has 2 nitrogen and oxygen atoms in total. The zero-order chi connectivity index (χ0) is 9.97. The maximum atomic E-state index is 5.11. The molecule has 2 rings (SSSR count). The molecule has 1 heterocycles. The van der Waals surface area contributed by atoms with Crippen LogP contribution in [0.3, 0.4) is 0 Å². The van der Waals surface area contributed by atoms with Crippen molar-refractivity contribution < 1.29 is 4.74 Å². The van der Waals surface area contributed by atoms with E-state index >= 15 is 0 Å². The van der Waals surface area contributed by atoms with E-state index in [0.29, 0.717) is 0 Å². The molecule has 1 aromatic heterocycles. The lowest BCUT2D eigenvalue weighted by atomic mass is 10.1. The monoisotopic (exact) mass is 299 g/mol. The Balaban J connectivity index is 2.39. The molecule has 0 unspecified atom stereocenters. The highest BCUT2D eigenvalue weighted by Crippen LogP contribution is 2.26. The lowest BCUT2D eigenvalue weighted by Crippen LogP contribution is -1.82. The fourth-order valence-electron chi connectivity index (χ4n) is 1.34. The first kappa shape index (κ1) is 9.58. The van der Waals surface area contributed by atoms with Crippen LogP contribution in [0.4, 0.5) is 0 Å². The number of halogens is 1. The van der Waals surface area contributed by atoms with Gasteiger partial charge in [-0.15, -0.1) is 0 Å². The van der Waals surface area contributed by atoms with Crippen molar-refractivity contribution in [2.24, 2.45) is 0 Å². The number of aromatic nitrogens is 1. The van der Waals surface area contributed by atoms with Crippen LogP contribution in [0.1, 0.15) is 0 Å². The molecule has 0 saturated heterocycles. The summed E-state index contributed by atoms with van der Waals surface area (Å²) in [6.45, 7) is 0. The minimum Gasteiger partial charge on any atom is -0.497 e. The lowest BCUT2D eigenvalue weighted by Gasteiger charge is -2.01. The normalized spacial score (nSPS) is 10.1. The van der Waals surface area contributed by atoms with E-state index in [9.17, 15) is 0 Å². The van der Waals surface area contributed by atoms with Crippen molar-refractivity contribution in [3.63, 3.8) is 0 Å². The van der Waals surface area contributed by atoms with Gasteiger partial charge in [0, 0.05) is 21.5 Å². The van der Waals surface area contributed by atoms with Gasteiger partial charge in [-0.25, -0.2) is 0 Å². The first-order chi connectivity index (χ1) is 6.81. The molecular formula is C11H10INO. The van der Waals surface area contributed by atoms with Crippen LogP contribution in [0.25, 0.3) is 11.1 Å². The Hall–Kier alpha value is -0.970. The summed E-state index contributed by atoms with van der Waals surface area (Å²) in [6.07, 6.45) is 3.99. The van der Waals surface area contributed by atoms with Gasteiger partial charge in [0.25, 0.3) is 0 Å². The summed E-state index contributed by atoms with van der Waals surface area (Å²) in [7, 11) is 1.68. The van der Waals surface area contributed by atoms with Crippen LogP contribution < -0.4 is 4.74 Å². The van der Waals surface area contributed by atoms with Crippen LogP contribution in [-0.4, -0.2) is 12.1 Å². The summed E-state index contributed by atoms with van der Waals surface area (Å²) in [5.41, 5.74) is 2.43. The van der Waals surface area contributed by atoms with Gasteiger partial charge in [0.05, 0.1) is 7.11 Å². The summed E-state index contributed by atoms with van der Waals surface area (Å²) < 4.78 is 6.34. The second-order valence-corrected chi connectivity index (χ2v) is 4.11. The smallest absolute Gasteiger partial charge is 0.118 e. The summed E-state index contributed by atoms with van der Waals surface area (Å²) >= 11 is 2.31. The van der Waals surface area contributed by atoms with E-state index in [0.717, 1.165) is 5.75 Å². The van der Waals surface area contributed by atoms with E-state index in [1.807, 2.05) is 24.5 Å². The Morgan fingerprint density at radius 1 is 1.14 bits per heavy atom. The predicted octanol–water partition coefficient (Wildman–Crippen LogP) is 3.29. The quantitative estimate of drug-likeness (QED) is 0.846. The zero-order valence-corrected chi connectivity index (χ0v) is 9.91. The molecule has 0 amide bonds. The Morgan fingerprint density at radius 3 is 2.36 bits per heavy atom. The highest BCUT2D eigenvalue weighted by Gasteiger charge is 2.02. The fourth-order valence-corrected chi connectivity index (χ4v) is 1.98. The lowest BCUT2D eigenvalue weighted by molar-refractivity contribution is 0.415. The number of hydrogen-bond donors (Lipinski definition) is 1. The molecule has 2 aromatic rings. The average molecular weight is 299 g/mol. The third-order valence-corrected chi connectivity index (χ3v) is 2.99. The van der Waals surface area contributed by atoms with Gasteiger partial charge in [-0.2, -0.15) is 0 Å². The predicted molar refractivity (Wildman–Crippen MR) is 65.5 cm³/mol. The van der Waals surface area contributed by atoms with Crippen molar-refractivity contribution in [2.75, 3.05) is 7.11 Å². The maximum Gasteiger partial charge on any atom is 0.118 e. The first-order valence-corrected chi connectivity index (χ1v) is 5.36. The molecule has 0 saturated carbocycles. The highest BCUT2D eigenvalue weighted by molar-refractivity contribution is 14.1. The molecule has 14 heavy (non-hydrogen) atoms. The van der Waals surface area contributed by atoms with Crippen LogP contribution >= 0.6 is 22.6 Å². The van der Waals surface area contributed by atoms with Crippen molar-refractivity contribution in [2.45, 2.75) is 0 Å². The van der Waals surface area contributed by atoms with Gasteiger partial charge >= 0.3 is 0 Å². The van der Waals surface area contributed by atoms with E-state index in [4.69, 9.17) is 4.74 Å². The van der Waals surface area contributed by atoms with Crippen molar-refractivity contribution in [1.29, 1.82) is 0 Å². The SMILES string of the molecule is COc1ccc(-c2c[nH]cc2I)cc1. The van der Waals surface area contributed by atoms with Crippen LogP contribution in [0.5, 0.6) is 5.75 Å². The van der Waals surface area contributed by atoms with Crippen molar-refractivity contribution in [3.05, 3.63) is 40.2 Å². The average Bonchev–Trinajstić information content (AvgIpc) is 2.65. The number of benzene rings is 1. The molecule has 0 aliphatic rings. The van der Waals surface area contributed by atoms with E-state index in [2.05, 4.69) is 39.7 Å². The number of methoxy groups -OCH3 is 1. The summed E-state index contributed by atoms with van der Waals surface area (Å²) in [4.78, 5) is 3.09. The van der Waals surface area contributed by atoms with Gasteiger partial charge in [-0.1, -0.05) is 12.1 Å². The number of aromatic amines is 1. The third-order valence-electron chi connectivity index (χ3n) is 2.10. The fraction of sp³-hybridized carbons (Fsp3) is 0.0909. The molecule has 0 fully saturated rings. The summed E-state index contributed by atoms with van der Waals surface area (Å²) in [5.74, 6) is 0.888. The van der Waals surface area contributed by atoms with Gasteiger partial charge in [0.15, 0.2) is 0 Å². The number of hydrogen-bond acceptors (Lipinski definition) is 1. The summed E-state index contributed by atoms with van der Waals surface area (Å²) in [5, 5.41) is 0. The number of ether oxygens (including phenoxy) is 1. The third kappa shape index (κ3) is 1.77. The second kappa shape index (κ2) is 4.04. The zero-order valence-electron chi connectivity index (χ0n) is 7.75. The van der Waals surface area contributed by atoms with E-state index in [1.54, 1.807) is 7.11 Å². The van der Waals surface area contributed by atoms with Crippen molar-refractivity contribution in [1.82, 2.24) is 4.98 Å². The Labute approximate surface area is 96.4 Å². The minimum atomic E-state index is 0.888. The van der Waals surface area contributed by atoms with Gasteiger partial charge in [-0.05, 0) is 40.3 Å².